The fourth-order valence-electron chi connectivity index (χ4n) is 4.10. The Hall–Kier alpha value is -3.93. The maximum Gasteiger partial charge on any atom is 0.328 e. The minimum absolute atomic E-state index is 0.115. The van der Waals surface area contributed by atoms with Crippen LogP contribution in [0.25, 0.3) is 22.0 Å². The summed E-state index contributed by atoms with van der Waals surface area (Å²) in [5, 5.41) is 3.35. The lowest BCUT2D eigenvalue weighted by atomic mass is 10.1. The first-order valence-corrected chi connectivity index (χ1v) is 9.83. The Bertz CT molecular complexity index is 1420. The van der Waals surface area contributed by atoms with Gasteiger partial charge in [-0.2, -0.15) is 0 Å². The van der Waals surface area contributed by atoms with Gasteiger partial charge in [-0.15, -0.1) is 0 Å². The zero-order valence-electron chi connectivity index (χ0n) is 16.1. The SMILES string of the molecule is O=C(CCn1c(=O)[nH]c(=O)c2ccccc21)Nc1ccc2c(c1)-c1ccccc1C2. The van der Waals surface area contributed by atoms with Crippen molar-refractivity contribution in [1.82, 2.24) is 9.55 Å². The van der Waals surface area contributed by atoms with Gasteiger partial charge >= 0.3 is 5.69 Å². The first-order chi connectivity index (χ1) is 14.6. The van der Waals surface area contributed by atoms with E-state index in [1.807, 2.05) is 30.3 Å². The Morgan fingerprint density at radius 1 is 0.933 bits per heavy atom. The molecular weight excluding hydrogens is 378 g/mol. The van der Waals surface area contributed by atoms with Gasteiger partial charge in [0.15, 0.2) is 0 Å². The largest absolute Gasteiger partial charge is 0.328 e. The van der Waals surface area contributed by atoms with E-state index in [4.69, 9.17) is 0 Å². The number of para-hydroxylation sites is 1. The third kappa shape index (κ3) is 3.12. The number of nitrogens with one attached hydrogen (secondary N) is 2. The minimum atomic E-state index is -0.513. The van der Waals surface area contributed by atoms with Gasteiger partial charge in [0.25, 0.3) is 5.56 Å². The highest BCUT2D eigenvalue weighted by molar-refractivity contribution is 5.92. The third-order valence-corrected chi connectivity index (χ3v) is 5.55. The highest BCUT2D eigenvalue weighted by Gasteiger charge is 2.18. The van der Waals surface area contributed by atoms with Crippen LogP contribution < -0.4 is 16.6 Å². The highest BCUT2D eigenvalue weighted by atomic mass is 16.2. The third-order valence-electron chi connectivity index (χ3n) is 5.55. The number of amides is 1. The number of H-pyrrole nitrogens is 1. The Morgan fingerprint density at radius 3 is 2.60 bits per heavy atom. The van der Waals surface area contributed by atoms with Crippen molar-refractivity contribution in [2.45, 2.75) is 19.4 Å². The van der Waals surface area contributed by atoms with E-state index < -0.39 is 11.2 Å². The van der Waals surface area contributed by atoms with E-state index in [0.717, 1.165) is 17.7 Å². The number of carbonyl (C=O) groups excluding carboxylic acids is 1. The van der Waals surface area contributed by atoms with Crippen LogP contribution in [0.3, 0.4) is 0 Å². The first kappa shape index (κ1) is 18.1. The summed E-state index contributed by atoms with van der Waals surface area (Å²) in [4.78, 5) is 39.1. The lowest BCUT2D eigenvalue weighted by Gasteiger charge is -2.11. The molecule has 0 unspecified atom stereocenters. The number of aromatic nitrogens is 2. The van der Waals surface area contributed by atoms with Crippen molar-refractivity contribution in [3.05, 3.63) is 98.7 Å². The van der Waals surface area contributed by atoms with Crippen molar-refractivity contribution < 1.29 is 4.79 Å². The second-order valence-electron chi connectivity index (χ2n) is 7.43. The Morgan fingerprint density at radius 2 is 1.70 bits per heavy atom. The Kier molecular flexibility index (Phi) is 4.32. The summed E-state index contributed by atoms with van der Waals surface area (Å²) in [6, 6.07) is 21.1. The van der Waals surface area contributed by atoms with Gasteiger partial charge in [-0.25, -0.2) is 4.79 Å². The predicted molar refractivity (Wildman–Crippen MR) is 117 cm³/mol. The maximum atomic E-state index is 12.5. The molecule has 6 heteroatoms. The summed E-state index contributed by atoms with van der Waals surface area (Å²) >= 11 is 0. The Labute approximate surface area is 171 Å². The quantitative estimate of drug-likeness (QED) is 0.488. The number of benzene rings is 3. The summed E-state index contributed by atoms with van der Waals surface area (Å²) < 4.78 is 1.43. The number of rotatable bonds is 4. The molecule has 0 saturated heterocycles. The maximum absolute atomic E-state index is 12.5. The molecular formula is C24H19N3O3. The Balaban J connectivity index is 1.35. The average molecular weight is 397 g/mol. The molecule has 6 nitrogen and oxygen atoms in total. The molecule has 1 aliphatic carbocycles. The van der Waals surface area contributed by atoms with E-state index in [-0.39, 0.29) is 18.9 Å². The molecule has 1 aliphatic rings. The number of hydrogen-bond acceptors (Lipinski definition) is 3. The molecule has 1 heterocycles. The van der Waals surface area contributed by atoms with Crippen LogP contribution in [0.5, 0.6) is 0 Å². The van der Waals surface area contributed by atoms with Crippen molar-refractivity contribution in [2.75, 3.05) is 5.32 Å². The van der Waals surface area contributed by atoms with Gasteiger partial charge < -0.3 is 5.32 Å². The van der Waals surface area contributed by atoms with Crippen LogP contribution in [0.2, 0.25) is 0 Å². The van der Waals surface area contributed by atoms with E-state index in [2.05, 4.69) is 22.4 Å². The molecule has 4 aromatic rings. The molecule has 3 aromatic carbocycles. The lowest BCUT2D eigenvalue weighted by Crippen LogP contribution is -2.31. The molecule has 2 N–H and O–H groups in total. The van der Waals surface area contributed by atoms with Crippen LogP contribution in [0.4, 0.5) is 5.69 Å². The van der Waals surface area contributed by atoms with Crippen LogP contribution in [0.1, 0.15) is 17.5 Å². The van der Waals surface area contributed by atoms with Crippen molar-refractivity contribution in [1.29, 1.82) is 0 Å². The number of anilines is 1. The molecule has 0 saturated carbocycles. The number of hydrogen-bond donors (Lipinski definition) is 2. The number of nitrogens with zero attached hydrogens (tertiary/aromatic N) is 1. The van der Waals surface area contributed by atoms with Gasteiger partial charge in [0.1, 0.15) is 0 Å². The van der Waals surface area contributed by atoms with Crippen molar-refractivity contribution in [2.24, 2.45) is 0 Å². The summed E-state index contributed by atoms with van der Waals surface area (Å²) in [5.74, 6) is -0.191. The second kappa shape index (κ2) is 7.15. The highest BCUT2D eigenvalue weighted by Crippen LogP contribution is 2.37. The normalized spacial score (nSPS) is 11.9. The van der Waals surface area contributed by atoms with Crippen LogP contribution in [-0.4, -0.2) is 15.5 Å². The van der Waals surface area contributed by atoms with E-state index in [1.165, 1.54) is 21.3 Å². The number of aryl methyl sites for hydroxylation is 1. The fourth-order valence-corrected chi connectivity index (χ4v) is 4.10. The van der Waals surface area contributed by atoms with Crippen LogP contribution in [0.15, 0.2) is 76.3 Å². The molecule has 148 valence electrons. The average Bonchev–Trinajstić information content (AvgIpc) is 3.12. The molecule has 5 rings (SSSR count). The zero-order valence-corrected chi connectivity index (χ0v) is 16.1. The van der Waals surface area contributed by atoms with Gasteiger partial charge in [-0.05, 0) is 52.9 Å². The van der Waals surface area contributed by atoms with Crippen molar-refractivity contribution in [3.8, 4) is 11.1 Å². The van der Waals surface area contributed by atoms with Crippen molar-refractivity contribution >= 4 is 22.5 Å². The molecule has 0 spiro atoms. The molecule has 0 bridgehead atoms. The lowest BCUT2D eigenvalue weighted by molar-refractivity contribution is -0.116. The molecule has 0 fully saturated rings. The summed E-state index contributed by atoms with van der Waals surface area (Å²) in [5.41, 5.74) is 5.21. The molecule has 1 amide bonds. The van der Waals surface area contributed by atoms with Crippen LogP contribution >= 0.6 is 0 Å². The minimum Gasteiger partial charge on any atom is -0.326 e. The smallest absolute Gasteiger partial charge is 0.326 e. The van der Waals surface area contributed by atoms with Gasteiger partial charge in [0.05, 0.1) is 10.9 Å². The van der Waals surface area contributed by atoms with Gasteiger partial charge in [0, 0.05) is 18.7 Å². The molecule has 0 atom stereocenters. The second-order valence-corrected chi connectivity index (χ2v) is 7.43. The number of fused-ring (bicyclic) bond motifs is 4. The summed E-state index contributed by atoms with van der Waals surface area (Å²) in [6.07, 6.45) is 1.02. The summed E-state index contributed by atoms with van der Waals surface area (Å²) in [7, 11) is 0. The van der Waals surface area contributed by atoms with E-state index in [0.29, 0.717) is 10.9 Å². The molecule has 30 heavy (non-hydrogen) atoms. The topological polar surface area (TPSA) is 84.0 Å². The van der Waals surface area contributed by atoms with Gasteiger partial charge in [-0.1, -0.05) is 42.5 Å². The predicted octanol–water partition coefficient (Wildman–Crippen LogP) is 3.29. The molecule has 0 radical (unpaired) electrons. The van der Waals surface area contributed by atoms with Crippen LogP contribution in [-0.2, 0) is 17.8 Å². The zero-order chi connectivity index (χ0) is 20.7. The van der Waals surface area contributed by atoms with Crippen molar-refractivity contribution in [3.63, 3.8) is 0 Å². The standard InChI is InChI=1S/C24H19N3O3/c28-22(11-12-27-21-8-4-3-7-19(21)23(29)26-24(27)30)25-17-10-9-16-13-15-5-1-2-6-18(15)20(16)14-17/h1-10,14H,11-13H2,(H,25,28)(H,26,29,30). The molecule has 0 aliphatic heterocycles. The van der Waals surface area contributed by atoms with Crippen LogP contribution in [0, 0.1) is 0 Å². The van der Waals surface area contributed by atoms with E-state index >= 15 is 0 Å². The molecule has 1 aromatic heterocycles. The number of carbonyl (C=O) groups is 1. The number of aromatic amines is 1. The fraction of sp³-hybridized carbons (Fsp3) is 0.125. The first-order valence-electron chi connectivity index (χ1n) is 9.83. The van der Waals surface area contributed by atoms with E-state index in [9.17, 15) is 14.4 Å². The van der Waals surface area contributed by atoms with Gasteiger partial charge in [-0.3, -0.25) is 19.1 Å². The monoisotopic (exact) mass is 397 g/mol. The van der Waals surface area contributed by atoms with Gasteiger partial charge in [0.2, 0.25) is 5.91 Å². The summed E-state index contributed by atoms with van der Waals surface area (Å²) in [6.45, 7) is 0.176. The van der Waals surface area contributed by atoms with E-state index in [1.54, 1.807) is 24.3 Å².